The largest absolute Gasteiger partial charge is 0.494 e. The topological polar surface area (TPSA) is 59.4 Å². The molecule has 1 aromatic heterocycles. The highest BCUT2D eigenvalue weighted by atomic mass is 79.9. The van der Waals surface area contributed by atoms with E-state index in [0.717, 1.165) is 16.5 Å². The predicted octanol–water partition coefficient (Wildman–Crippen LogP) is 4.43. The van der Waals surface area contributed by atoms with E-state index < -0.39 is 5.97 Å². The Morgan fingerprint density at radius 1 is 1.25 bits per heavy atom. The number of rotatable bonds is 4. The van der Waals surface area contributed by atoms with Crippen LogP contribution in [0.5, 0.6) is 5.75 Å². The van der Waals surface area contributed by atoms with Gasteiger partial charge in [0.25, 0.3) is 0 Å². The smallest absolute Gasteiger partial charge is 0.339 e. The third kappa shape index (κ3) is 3.10. The summed E-state index contributed by atoms with van der Waals surface area (Å²) in [7, 11) is 1.42. The van der Waals surface area contributed by atoms with Gasteiger partial charge in [-0.25, -0.2) is 9.18 Å². The van der Waals surface area contributed by atoms with Crippen molar-refractivity contribution in [2.45, 2.75) is 6.42 Å². The Labute approximate surface area is 146 Å². The molecule has 2 aromatic carbocycles. The minimum atomic E-state index is -1.08. The minimum Gasteiger partial charge on any atom is -0.494 e. The Morgan fingerprint density at radius 3 is 2.58 bits per heavy atom. The van der Waals surface area contributed by atoms with Gasteiger partial charge < -0.3 is 9.84 Å². The molecule has 0 spiro atoms. The zero-order valence-electron chi connectivity index (χ0n) is 12.7. The van der Waals surface area contributed by atoms with E-state index in [0.29, 0.717) is 16.4 Å². The van der Waals surface area contributed by atoms with Gasteiger partial charge in [0.2, 0.25) is 0 Å². The van der Waals surface area contributed by atoms with Crippen LogP contribution in [0, 0.1) is 5.82 Å². The lowest BCUT2D eigenvalue weighted by atomic mass is 10.0. The number of fused-ring (bicyclic) bond motifs is 1. The summed E-state index contributed by atoms with van der Waals surface area (Å²) in [6, 6.07) is 9.71. The van der Waals surface area contributed by atoms with Crippen molar-refractivity contribution in [3.8, 4) is 5.75 Å². The number of ether oxygens (including phenoxy) is 1. The fraction of sp³-hybridized carbons (Fsp3) is 0.111. The lowest BCUT2D eigenvalue weighted by Crippen LogP contribution is -2.03. The molecule has 0 atom stereocenters. The second-order valence-corrected chi connectivity index (χ2v) is 6.14. The summed E-state index contributed by atoms with van der Waals surface area (Å²) in [6.07, 6.45) is 2.27. The van der Waals surface area contributed by atoms with Gasteiger partial charge >= 0.3 is 5.97 Å². The molecule has 24 heavy (non-hydrogen) atoms. The quantitative estimate of drug-likeness (QED) is 0.716. The van der Waals surface area contributed by atoms with Gasteiger partial charge in [0.1, 0.15) is 16.9 Å². The second kappa shape index (κ2) is 6.57. The molecule has 6 heteroatoms. The Kier molecular flexibility index (Phi) is 4.49. The summed E-state index contributed by atoms with van der Waals surface area (Å²) in [4.78, 5) is 15.7. The number of aromatic carboxylic acids is 1. The van der Waals surface area contributed by atoms with Crippen LogP contribution in [0.2, 0.25) is 0 Å². The first-order valence-electron chi connectivity index (χ1n) is 7.12. The van der Waals surface area contributed by atoms with Crippen LogP contribution in [0.4, 0.5) is 4.39 Å². The average Bonchev–Trinajstić information content (AvgIpc) is 2.57. The zero-order valence-corrected chi connectivity index (χ0v) is 14.3. The number of hydrogen-bond donors (Lipinski definition) is 1. The molecule has 0 unspecified atom stereocenters. The highest BCUT2D eigenvalue weighted by Crippen LogP contribution is 2.34. The first-order valence-corrected chi connectivity index (χ1v) is 7.91. The molecule has 3 aromatic rings. The summed E-state index contributed by atoms with van der Waals surface area (Å²) in [5.74, 6) is -1.12. The van der Waals surface area contributed by atoms with Gasteiger partial charge in [0, 0.05) is 16.1 Å². The number of benzene rings is 2. The third-order valence-electron chi connectivity index (χ3n) is 3.69. The Bertz CT molecular complexity index is 926. The van der Waals surface area contributed by atoms with Gasteiger partial charge in [-0.05, 0) is 41.8 Å². The zero-order chi connectivity index (χ0) is 17.3. The molecule has 0 saturated carbocycles. The number of carbonyl (C=O) groups is 1. The van der Waals surface area contributed by atoms with Gasteiger partial charge in [0.15, 0.2) is 5.75 Å². The summed E-state index contributed by atoms with van der Waals surface area (Å²) in [5.41, 5.74) is 2.42. The number of carboxylic acids is 1. The number of methoxy groups -OCH3 is 1. The molecule has 4 nitrogen and oxygen atoms in total. The van der Waals surface area contributed by atoms with Crippen molar-refractivity contribution in [3.05, 3.63) is 69.6 Å². The average molecular weight is 390 g/mol. The van der Waals surface area contributed by atoms with E-state index in [1.165, 1.54) is 25.3 Å². The van der Waals surface area contributed by atoms with Crippen molar-refractivity contribution in [1.29, 1.82) is 0 Å². The lowest BCUT2D eigenvalue weighted by molar-refractivity contribution is 0.0693. The Hall–Kier alpha value is -2.47. The van der Waals surface area contributed by atoms with Crippen LogP contribution in [-0.2, 0) is 6.42 Å². The molecular weight excluding hydrogens is 377 g/mol. The Morgan fingerprint density at radius 2 is 1.96 bits per heavy atom. The van der Waals surface area contributed by atoms with Crippen molar-refractivity contribution in [2.75, 3.05) is 7.11 Å². The first-order chi connectivity index (χ1) is 11.5. The highest BCUT2D eigenvalue weighted by Gasteiger charge is 2.18. The lowest BCUT2D eigenvalue weighted by Gasteiger charge is -2.11. The van der Waals surface area contributed by atoms with E-state index in [9.17, 15) is 14.3 Å². The second-order valence-electron chi connectivity index (χ2n) is 5.29. The van der Waals surface area contributed by atoms with Crippen LogP contribution in [0.25, 0.3) is 10.9 Å². The number of aromatic nitrogens is 1. The molecule has 0 fully saturated rings. The van der Waals surface area contributed by atoms with Crippen molar-refractivity contribution in [1.82, 2.24) is 4.98 Å². The minimum absolute atomic E-state index is 0.0515. The van der Waals surface area contributed by atoms with Crippen molar-refractivity contribution in [2.24, 2.45) is 0 Å². The van der Waals surface area contributed by atoms with Gasteiger partial charge in [-0.15, -0.1) is 0 Å². The maximum Gasteiger partial charge on any atom is 0.339 e. The number of halogens is 2. The van der Waals surface area contributed by atoms with E-state index in [2.05, 4.69) is 20.9 Å². The summed E-state index contributed by atoms with van der Waals surface area (Å²) < 4.78 is 18.9. The molecule has 122 valence electrons. The summed E-state index contributed by atoms with van der Waals surface area (Å²) in [5, 5.41) is 10.1. The number of nitrogens with zero attached hydrogens (tertiary/aromatic N) is 1. The maximum absolute atomic E-state index is 13.0. The predicted molar refractivity (Wildman–Crippen MR) is 92.2 cm³/mol. The molecule has 0 saturated heterocycles. The highest BCUT2D eigenvalue weighted by molar-refractivity contribution is 9.10. The first kappa shape index (κ1) is 16.4. The standard InChI is InChI=1S/C18H13BrFNO3/c1-24-17-14(18(22)23)8-15(19)13-7-11(9-21-16(13)17)6-10-2-4-12(20)5-3-10/h2-5,7-9H,6H2,1H3,(H,22,23). The molecule has 1 N–H and O–H groups in total. The van der Waals surface area contributed by atoms with E-state index in [-0.39, 0.29) is 17.1 Å². The molecule has 0 radical (unpaired) electrons. The third-order valence-corrected chi connectivity index (χ3v) is 4.34. The van der Waals surface area contributed by atoms with Gasteiger partial charge in [-0.3, -0.25) is 4.98 Å². The molecule has 0 bridgehead atoms. The molecule has 0 aliphatic carbocycles. The van der Waals surface area contributed by atoms with Gasteiger partial charge in [-0.2, -0.15) is 0 Å². The molecule has 3 rings (SSSR count). The van der Waals surface area contributed by atoms with E-state index in [4.69, 9.17) is 4.74 Å². The summed E-state index contributed by atoms with van der Waals surface area (Å²) in [6.45, 7) is 0. The number of pyridine rings is 1. The van der Waals surface area contributed by atoms with Gasteiger partial charge in [0.05, 0.1) is 7.11 Å². The maximum atomic E-state index is 13.0. The summed E-state index contributed by atoms with van der Waals surface area (Å²) >= 11 is 3.40. The van der Waals surface area contributed by atoms with Crippen LogP contribution in [-0.4, -0.2) is 23.2 Å². The fourth-order valence-corrected chi connectivity index (χ4v) is 3.10. The van der Waals surface area contributed by atoms with Crippen LogP contribution in [0.15, 0.2) is 47.1 Å². The fourth-order valence-electron chi connectivity index (χ4n) is 2.57. The van der Waals surface area contributed by atoms with Gasteiger partial charge in [-0.1, -0.05) is 28.1 Å². The van der Waals surface area contributed by atoms with Crippen LogP contribution < -0.4 is 4.74 Å². The van der Waals surface area contributed by atoms with Crippen LogP contribution in [0.1, 0.15) is 21.5 Å². The van der Waals surface area contributed by atoms with Crippen molar-refractivity contribution in [3.63, 3.8) is 0 Å². The molecule has 0 amide bonds. The normalized spacial score (nSPS) is 10.8. The molecular formula is C18H13BrFNO3. The molecule has 1 heterocycles. The van der Waals surface area contributed by atoms with Crippen LogP contribution in [0.3, 0.4) is 0 Å². The van der Waals surface area contributed by atoms with E-state index in [1.807, 2.05) is 6.07 Å². The van der Waals surface area contributed by atoms with E-state index >= 15 is 0 Å². The number of carboxylic acid groups (broad SMARTS) is 1. The Balaban J connectivity index is 2.08. The van der Waals surface area contributed by atoms with E-state index in [1.54, 1.807) is 18.3 Å². The van der Waals surface area contributed by atoms with Crippen molar-refractivity contribution >= 4 is 32.8 Å². The van der Waals surface area contributed by atoms with Crippen LogP contribution >= 0.6 is 15.9 Å². The molecule has 0 aliphatic heterocycles. The number of hydrogen-bond acceptors (Lipinski definition) is 3. The monoisotopic (exact) mass is 389 g/mol. The molecule has 0 aliphatic rings. The van der Waals surface area contributed by atoms with Crippen molar-refractivity contribution < 1.29 is 19.0 Å². The SMILES string of the molecule is COc1c(C(=O)O)cc(Br)c2cc(Cc3ccc(F)cc3)cnc12.